The number of hydrogen-bond acceptors (Lipinski definition) is 6. The van der Waals surface area contributed by atoms with Gasteiger partial charge in [0.1, 0.15) is 16.8 Å². The van der Waals surface area contributed by atoms with Crippen molar-refractivity contribution in [3.05, 3.63) is 76.8 Å². The molecule has 0 unspecified atom stereocenters. The Bertz CT molecular complexity index is 1150. The average molecular weight is 470 g/mol. The minimum absolute atomic E-state index is 0.135. The van der Waals surface area contributed by atoms with Crippen molar-refractivity contribution < 1.29 is 18.7 Å². The molecule has 0 bridgehead atoms. The second-order valence-corrected chi connectivity index (χ2v) is 7.75. The van der Waals surface area contributed by atoms with Crippen molar-refractivity contribution in [2.24, 2.45) is 0 Å². The highest BCUT2D eigenvalue weighted by molar-refractivity contribution is 6.29. The van der Waals surface area contributed by atoms with E-state index in [1.54, 1.807) is 23.2 Å². The van der Waals surface area contributed by atoms with Crippen LogP contribution in [0, 0.1) is 5.82 Å². The first kappa shape index (κ1) is 22.5. The lowest BCUT2D eigenvalue weighted by molar-refractivity contribution is 0.0745. The molecule has 3 aromatic rings. The molecule has 0 aliphatic carbocycles. The quantitative estimate of drug-likeness (QED) is 0.575. The number of nitrogens with zero attached hydrogens (tertiary/aromatic N) is 4. The summed E-state index contributed by atoms with van der Waals surface area (Å²) in [5.74, 6) is 0.160. The summed E-state index contributed by atoms with van der Waals surface area (Å²) in [5.41, 5.74) is 1.32. The highest BCUT2D eigenvalue weighted by Gasteiger charge is 2.24. The number of hydrogen-bond donors (Lipinski definition) is 1. The third kappa shape index (κ3) is 5.38. The lowest BCUT2D eigenvalue weighted by Crippen LogP contribution is -2.49. The molecule has 2 aromatic heterocycles. The van der Waals surface area contributed by atoms with Crippen LogP contribution in [-0.2, 0) is 0 Å². The number of pyridine rings is 2. The summed E-state index contributed by atoms with van der Waals surface area (Å²) in [6.07, 6.45) is 1.57. The van der Waals surface area contributed by atoms with Crippen LogP contribution in [0.15, 0.2) is 54.7 Å². The van der Waals surface area contributed by atoms with Gasteiger partial charge in [-0.25, -0.2) is 14.4 Å². The Morgan fingerprint density at radius 1 is 1.03 bits per heavy atom. The van der Waals surface area contributed by atoms with Gasteiger partial charge >= 0.3 is 0 Å². The van der Waals surface area contributed by atoms with Crippen LogP contribution in [0.25, 0.3) is 0 Å². The predicted molar refractivity (Wildman–Crippen MR) is 123 cm³/mol. The number of carbonyl (C=O) groups excluding carboxylic acids is 2. The Labute approximate surface area is 195 Å². The van der Waals surface area contributed by atoms with Crippen molar-refractivity contribution in [1.82, 2.24) is 14.9 Å². The normalized spacial score (nSPS) is 13.5. The van der Waals surface area contributed by atoms with Crippen molar-refractivity contribution in [3.63, 3.8) is 0 Å². The molecule has 1 aliphatic heterocycles. The van der Waals surface area contributed by atoms with E-state index in [4.69, 9.17) is 16.3 Å². The summed E-state index contributed by atoms with van der Waals surface area (Å²) < 4.78 is 18.1. The molecule has 0 saturated carbocycles. The van der Waals surface area contributed by atoms with Crippen LogP contribution in [0.1, 0.15) is 20.7 Å². The number of halogens is 2. The van der Waals surface area contributed by atoms with E-state index in [2.05, 4.69) is 20.2 Å². The smallest absolute Gasteiger partial charge is 0.255 e. The lowest BCUT2D eigenvalue weighted by Gasteiger charge is -2.35. The molecule has 33 heavy (non-hydrogen) atoms. The van der Waals surface area contributed by atoms with Crippen molar-refractivity contribution in [2.75, 3.05) is 43.5 Å². The van der Waals surface area contributed by atoms with E-state index >= 15 is 0 Å². The molecule has 1 aromatic carbocycles. The lowest BCUT2D eigenvalue weighted by atomic mass is 10.2. The minimum atomic E-state index is -0.399. The van der Waals surface area contributed by atoms with Crippen molar-refractivity contribution in [3.8, 4) is 5.88 Å². The standard InChI is InChI=1S/C23H21ClFN5O3/c1-33-21-13-16(12-19(24)28-21)23(32)30-10-8-29(9-11-30)20-7-6-18(14-26-20)27-22(31)15-2-4-17(25)5-3-15/h2-7,12-14H,8-11H2,1H3,(H,27,31). The fourth-order valence-electron chi connectivity index (χ4n) is 3.47. The van der Waals surface area contributed by atoms with Gasteiger partial charge in [0.25, 0.3) is 11.8 Å². The van der Waals surface area contributed by atoms with Gasteiger partial charge in [-0.2, -0.15) is 0 Å². The van der Waals surface area contributed by atoms with Gasteiger partial charge in [0.2, 0.25) is 5.88 Å². The van der Waals surface area contributed by atoms with Gasteiger partial charge in [-0.15, -0.1) is 0 Å². The first-order valence-corrected chi connectivity index (χ1v) is 10.6. The van der Waals surface area contributed by atoms with E-state index in [9.17, 15) is 14.0 Å². The first-order valence-electron chi connectivity index (χ1n) is 10.2. The van der Waals surface area contributed by atoms with E-state index in [0.717, 1.165) is 5.82 Å². The maximum absolute atomic E-state index is 13.0. The Hall–Kier alpha value is -3.72. The van der Waals surface area contributed by atoms with E-state index < -0.39 is 5.82 Å². The van der Waals surface area contributed by atoms with E-state index in [-0.39, 0.29) is 17.0 Å². The number of ether oxygens (including phenoxy) is 1. The zero-order chi connectivity index (χ0) is 23.4. The second kappa shape index (κ2) is 9.83. The third-order valence-electron chi connectivity index (χ3n) is 5.23. The Morgan fingerprint density at radius 2 is 1.76 bits per heavy atom. The number of amides is 2. The van der Waals surface area contributed by atoms with Crippen LogP contribution in [0.4, 0.5) is 15.9 Å². The molecule has 4 rings (SSSR count). The maximum Gasteiger partial charge on any atom is 0.255 e. The van der Waals surface area contributed by atoms with Gasteiger partial charge in [0.15, 0.2) is 0 Å². The number of carbonyl (C=O) groups is 2. The maximum atomic E-state index is 13.0. The molecule has 170 valence electrons. The zero-order valence-electron chi connectivity index (χ0n) is 17.8. The topological polar surface area (TPSA) is 87.7 Å². The summed E-state index contributed by atoms with van der Waals surface area (Å²) >= 11 is 5.98. The molecule has 1 fully saturated rings. The average Bonchev–Trinajstić information content (AvgIpc) is 2.84. The summed E-state index contributed by atoms with van der Waals surface area (Å²) in [6.45, 7) is 2.25. The number of piperazine rings is 1. The summed E-state index contributed by atoms with van der Waals surface area (Å²) in [6, 6.07) is 12.0. The van der Waals surface area contributed by atoms with Crippen LogP contribution < -0.4 is 15.0 Å². The summed E-state index contributed by atoms with van der Waals surface area (Å²) in [4.78, 5) is 37.3. The van der Waals surface area contributed by atoms with E-state index in [1.165, 1.54) is 37.4 Å². The molecule has 2 amide bonds. The Balaban J connectivity index is 1.34. The molecule has 1 saturated heterocycles. The molecule has 1 N–H and O–H groups in total. The second-order valence-electron chi connectivity index (χ2n) is 7.37. The van der Waals surface area contributed by atoms with Gasteiger partial charge in [-0.1, -0.05) is 11.6 Å². The fourth-order valence-corrected chi connectivity index (χ4v) is 3.67. The van der Waals surface area contributed by atoms with E-state index in [1.807, 2.05) is 6.07 Å². The molecular formula is C23H21ClFN5O3. The highest BCUT2D eigenvalue weighted by atomic mass is 35.5. The van der Waals surface area contributed by atoms with Crippen LogP contribution in [0.2, 0.25) is 5.15 Å². The van der Waals surface area contributed by atoms with Crippen molar-refractivity contribution in [1.29, 1.82) is 0 Å². The summed E-state index contributed by atoms with van der Waals surface area (Å²) in [5, 5.41) is 2.94. The number of methoxy groups -OCH3 is 1. The Morgan fingerprint density at radius 3 is 2.39 bits per heavy atom. The molecular weight excluding hydrogens is 449 g/mol. The van der Waals surface area contributed by atoms with Crippen molar-refractivity contribution in [2.45, 2.75) is 0 Å². The fraction of sp³-hybridized carbons (Fsp3) is 0.217. The zero-order valence-corrected chi connectivity index (χ0v) is 18.6. The molecule has 0 atom stereocenters. The first-order chi connectivity index (χ1) is 15.9. The van der Waals surface area contributed by atoms with Crippen LogP contribution in [-0.4, -0.2) is 60.0 Å². The Kier molecular flexibility index (Phi) is 6.69. The summed E-state index contributed by atoms with van der Waals surface area (Å²) in [7, 11) is 1.47. The van der Waals surface area contributed by atoms with Gasteiger partial charge in [0, 0.05) is 43.4 Å². The largest absolute Gasteiger partial charge is 0.481 e. The molecule has 10 heteroatoms. The SMILES string of the molecule is COc1cc(C(=O)N2CCN(c3ccc(NC(=O)c4ccc(F)cc4)cn3)CC2)cc(Cl)n1. The van der Waals surface area contributed by atoms with E-state index in [0.29, 0.717) is 48.9 Å². The van der Waals surface area contributed by atoms with Crippen LogP contribution in [0.5, 0.6) is 5.88 Å². The number of nitrogens with one attached hydrogen (secondary N) is 1. The molecule has 3 heterocycles. The van der Waals surface area contributed by atoms with Gasteiger partial charge in [-0.05, 0) is 42.5 Å². The number of anilines is 2. The molecule has 8 nitrogen and oxygen atoms in total. The van der Waals surface area contributed by atoms with Gasteiger partial charge in [0.05, 0.1) is 19.0 Å². The highest BCUT2D eigenvalue weighted by Crippen LogP contribution is 2.20. The molecule has 0 radical (unpaired) electrons. The molecule has 0 spiro atoms. The monoisotopic (exact) mass is 469 g/mol. The van der Waals surface area contributed by atoms with Gasteiger partial charge < -0.3 is 19.9 Å². The van der Waals surface area contributed by atoms with Crippen LogP contribution in [0.3, 0.4) is 0 Å². The number of aromatic nitrogens is 2. The number of benzene rings is 1. The van der Waals surface area contributed by atoms with Crippen molar-refractivity contribution >= 4 is 34.9 Å². The number of rotatable bonds is 5. The minimum Gasteiger partial charge on any atom is -0.481 e. The van der Waals surface area contributed by atoms with Gasteiger partial charge in [-0.3, -0.25) is 9.59 Å². The third-order valence-corrected chi connectivity index (χ3v) is 5.42. The molecule has 1 aliphatic rings. The van der Waals surface area contributed by atoms with Crippen LogP contribution >= 0.6 is 11.6 Å². The predicted octanol–water partition coefficient (Wildman–Crippen LogP) is 3.49.